The predicted octanol–water partition coefficient (Wildman–Crippen LogP) is 4.01. The van der Waals surface area contributed by atoms with Crippen molar-refractivity contribution in [3.63, 3.8) is 0 Å². The zero-order valence-electron chi connectivity index (χ0n) is 19.1. The molecule has 1 N–H and O–H groups in total. The van der Waals surface area contributed by atoms with Gasteiger partial charge in [-0.1, -0.05) is 36.4 Å². The van der Waals surface area contributed by atoms with E-state index in [0.29, 0.717) is 22.6 Å². The van der Waals surface area contributed by atoms with E-state index in [1.165, 1.54) is 19.2 Å². The zero-order chi connectivity index (χ0) is 24.7. The Morgan fingerprint density at radius 2 is 1.62 bits per heavy atom. The number of rotatable bonds is 9. The van der Waals surface area contributed by atoms with E-state index in [-0.39, 0.29) is 17.2 Å². The van der Waals surface area contributed by atoms with Gasteiger partial charge in [0.1, 0.15) is 12.3 Å². The van der Waals surface area contributed by atoms with Crippen molar-refractivity contribution in [3.8, 4) is 5.75 Å². The second-order valence-electron chi connectivity index (χ2n) is 7.24. The molecule has 0 unspecified atom stereocenters. The van der Waals surface area contributed by atoms with Crippen LogP contribution in [0.25, 0.3) is 0 Å². The highest BCUT2D eigenvalue weighted by atomic mass is 32.2. The molecule has 0 saturated carbocycles. The number of methoxy groups -OCH3 is 1. The predicted molar refractivity (Wildman–Crippen MR) is 130 cm³/mol. The molecule has 3 rings (SSSR count). The third kappa shape index (κ3) is 5.37. The molecule has 8 nitrogen and oxygen atoms in total. The number of anilines is 2. The van der Waals surface area contributed by atoms with Crippen molar-refractivity contribution >= 4 is 33.3 Å². The number of hydrogen-bond acceptors (Lipinski definition) is 6. The summed E-state index contributed by atoms with van der Waals surface area (Å²) in [6, 6.07) is 19.3. The van der Waals surface area contributed by atoms with E-state index in [9.17, 15) is 18.0 Å². The van der Waals surface area contributed by atoms with Gasteiger partial charge in [0.25, 0.3) is 10.0 Å². The van der Waals surface area contributed by atoms with Gasteiger partial charge in [-0.05, 0) is 55.8 Å². The molecule has 0 aliphatic heterocycles. The quantitative estimate of drug-likeness (QED) is 0.462. The number of hydrogen-bond donors (Lipinski definition) is 1. The van der Waals surface area contributed by atoms with E-state index in [4.69, 9.17) is 9.47 Å². The molecule has 3 aromatic carbocycles. The monoisotopic (exact) mass is 482 g/mol. The van der Waals surface area contributed by atoms with Gasteiger partial charge >= 0.3 is 5.97 Å². The van der Waals surface area contributed by atoms with Crippen molar-refractivity contribution in [1.29, 1.82) is 0 Å². The molecule has 0 aliphatic carbocycles. The highest BCUT2D eigenvalue weighted by Crippen LogP contribution is 2.32. The summed E-state index contributed by atoms with van der Waals surface area (Å²) in [4.78, 5) is 25.3. The molecule has 0 atom stereocenters. The molecule has 34 heavy (non-hydrogen) atoms. The van der Waals surface area contributed by atoms with Crippen LogP contribution in [-0.2, 0) is 19.6 Å². The van der Waals surface area contributed by atoms with Crippen molar-refractivity contribution in [2.24, 2.45) is 0 Å². The summed E-state index contributed by atoms with van der Waals surface area (Å²) in [6.07, 6.45) is 0. The van der Waals surface area contributed by atoms with Gasteiger partial charge in [-0.3, -0.25) is 9.10 Å². The van der Waals surface area contributed by atoms with Crippen molar-refractivity contribution in [1.82, 2.24) is 0 Å². The molecule has 0 bridgehead atoms. The second kappa shape index (κ2) is 10.8. The maximum absolute atomic E-state index is 13.5. The van der Waals surface area contributed by atoms with Crippen LogP contribution in [0, 0.1) is 6.92 Å². The number of benzene rings is 3. The molecule has 0 heterocycles. The Balaban J connectivity index is 1.96. The lowest BCUT2D eigenvalue weighted by Crippen LogP contribution is -2.38. The third-order valence-corrected chi connectivity index (χ3v) is 6.85. The second-order valence-corrected chi connectivity index (χ2v) is 9.11. The highest BCUT2D eigenvalue weighted by molar-refractivity contribution is 7.92. The molecular formula is C25H26N2O6S. The van der Waals surface area contributed by atoms with Gasteiger partial charge in [-0.15, -0.1) is 0 Å². The first kappa shape index (κ1) is 24.8. The molecule has 0 radical (unpaired) electrons. The van der Waals surface area contributed by atoms with Gasteiger partial charge in [0.15, 0.2) is 0 Å². The lowest BCUT2D eigenvalue weighted by Gasteiger charge is -2.25. The molecule has 0 spiro atoms. The third-order valence-electron chi connectivity index (χ3n) is 5.08. The summed E-state index contributed by atoms with van der Waals surface area (Å²) in [5.74, 6) is -0.789. The number of carbonyl (C=O) groups excluding carboxylic acids is 2. The maximum Gasteiger partial charge on any atom is 0.338 e. The van der Waals surface area contributed by atoms with Crippen molar-refractivity contribution in [2.45, 2.75) is 18.7 Å². The summed E-state index contributed by atoms with van der Waals surface area (Å²) < 4.78 is 38.4. The Morgan fingerprint density at radius 3 is 2.29 bits per heavy atom. The van der Waals surface area contributed by atoms with Gasteiger partial charge in [-0.2, -0.15) is 0 Å². The Labute approximate surface area is 199 Å². The number of esters is 1. The average molecular weight is 483 g/mol. The standard InChI is InChI=1S/C25H26N2O6S/c1-4-33-25(29)20-13-10-14-21(18(20)2)26-24(28)17-27(22-15-8-9-16-23(22)32-3)34(30,31)19-11-6-5-7-12-19/h5-16H,4,17H2,1-3H3,(H,26,28). The van der Waals surface area contributed by atoms with Crippen LogP contribution < -0.4 is 14.4 Å². The van der Waals surface area contributed by atoms with E-state index in [0.717, 1.165) is 4.31 Å². The Hall–Kier alpha value is -3.85. The fraction of sp³-hybridized carbons (Fsp3) is 0.200. The van der Waals surface area contributed by atoms with Crippen LogP contribution in [0.2, 0.25) is 0 Å². The fourth-order valence-corrected chi connectivity index (χ4v) is 4.83. The molecule has 3 aromatic rings. The number of para-hydroxylation sites is 2. The van der Waals surface area contributed by atoms with Crippen LogP contribution in [-0.4, -0.2) is 40.6 Å². The van der Waals surface area contributed by atoms with E-state index in [1.54, 1.807) is 74.5 Å². The lowest BCUT2D eigenvalue weighted by atomic mass is 10.1. The molecule has 0 aromatic heterocycles. The van der Waals surface area contributed by atoms with E-state index in [2.05, 4.69) is 5.32 Å². The number of amides is 1. The molecule has 0 fully saturated rings. The van der Waals surface area contributed by atoms with Gasteiger partial charge in [-0.25, -0.2) is 13.2 Å². The number of nitrogens with one attached hydrogen (secondary N) is 1. The average Bonchev–Trinajstić information content (AvgIpc) is 2.84. The summed E-state index contributed by atoms with van der Waals surface area (Å²) in [5, 5.41) is 2.72. The van der Waals surface area contributed by atoms with E-state index >= 15 is 0 Å². The minimum absolute atomic E-state index is 0.0363. The van der Waals surface area contributed by atoms with Crippen LogP contribution in [0.15, 0.2) is 77.7 Å². The zero-order valence-corrected chi connectivity index (χ0v) is 20.0. The van der Waals surface area contributed by atoms with Crippen LogP contribution in [0.3, 0.4) is 0 Å². The fourth-order valence-electron chi connectivity index (χ4n) is 3.38. The van der Waals surface area contributed by atoms with Gasteiger partial charge in [0, 0.05) is 5.69 Å². The van der Waals surface area contributed by atoms with E-state index < -0.39 is 28.4 Å². The van der Waals surface area contributed by atoms with Crippen molar-refractivity contribution in [3.05, 3.63) is 83.9 Å². The largest absolute Gasteiger partial charge is 0.495 e. The first-order valence-electron chi connectivity index (χ1n) is 10.6. The summed E-state index contributed by atoms with van der Waals surface area (Å²) in [6.45, 7) is 3.10. The molecule has 0 saturated heterocycles. The summed E-state index contributed by atoms with van der Waals surface area (Å²) in [7, 11) is -2.67. The summed E-state index contributed by atoms with van der Waals surface area (Å²) in [5.41, 5.74) is 1.44. The summed E-state index contributed by atoms with van der Waals surface area (Å²) >= 11 is 0. The first-order chi connectivity index (χ1) is 16.3. The molecule has 0 aliphatic rings. The Kier molecular flexibility index (Phi) is 7.91. The van der Waals surface area contributed by atoms with Crippen LogP contribution in [0.4, 0.5) is 11.4 Å². The number of nitrogens with zero attached hydrogens (tertiary/aromatic N) is 1. The Morgan fingerprint density at radius 1 is 0.941 bits per heavy atom. The number of ether oxygens (including phenoxy) is 2. The molecule has 9 heteroatoms. The van der Waals surface area contributed by atoms with Crippen molar-refractivity contribution in [2.75, 3.05) is 29.9 Å². The van der Waals surface area contributed by atoms with Crippen LogP contribution in [0.1, 0.15) is 22.8 Å². The van der Waals surface area contributed by atoms with Crippen LogP contribution in [0.5, 0.6) is 5.75 Å². The van der Waals surface area contributed by atoms with Gasteiger partial charge < -0.3 is 14.8 Å². The van der Waals surface area contributed by atoms with Gasteiger partial charge in [0.05, 0.1) is 29.9 Å². The smallest absolute Gasteiger partial charge is 0.338 e. The molecule has 178 valence electrons. The van der Waals surface area contributed by atoms with Crippen LogP contribution >= 0.6 is 0 Å². The number of sulfonamides is 1. The first-order valence-corrected chi connectivity index (χ1v) is 12.0. The van der Waals surface area contributed by atoms with Gasteiger partial charge in [0.2, 0.25) is 5.91 Å². The minimum Gasteiger partial charge on any atom is -0.495 e. The van der Waals surface area contributed by atoms with Crippen molar-refractivity contribution < 1.29 is 27.5 Å². The molecule has 1 amide bonds. The highest BCUT2D eigenvalue weighted by Gasteiger charge is 2.29. The lowest BCUT2D eigenvalue weighted by molar-refractivity contribution is -0.114. The number of carbonyl (C=O) groups is 2. The minimum atomic E-state index is -4.09. The maximum atomic E-state index is 13.5. The molecular weight excluding hydrogens is 456 g/mol. The normalized spacial score (nSPS) is 10.9. The Bertz CT molecular complexity index is 1280. The SMILES string of the molecule is CCOC(=O)c1cccc(NC(=O)CN(c2ccccc2OC)S(=O)(=O)c2ccccc2)c1C. The topological polar surface area (TPSA) is 102 Å². The van der Waals surface area contributed by atoms with E-state index in [1.807, 2.05) is 0 Å².